The van der Waals surface area contributed by atoms with Gasteiger partial charge in [-0.25, -0.2) is 9.50 Å². The third kappa shape index (κ3) is 4.02. The molecule has 0 saturated carbocycles. The van der Waals surface area contributed by atoms with Crippen molar-refractivity contribution in [2.75, 3.05) is 5.32 Å². The smallest absolute Gasteiger partial charge is 0.318 e. The third-order valence-electron chi connectivity index (χ3n) is 5.18. The zero-order valence-electron chi connectivity index (χ0n) is 17.3. The van der Waals surface area contributed by atoms with E-state index < -0.39 is 17.8 Å². The summed E-state index contributed by atoms with van der Waals surface area (Å²) in [5.41, 5.74) is 0.413. The molecule has 5 rings (SSSR count). The van der Waals surface area contributed by atoms with Crippen LogP contribution in [-0.4, -0.2) is 30.3 Å². The van der Waals surface area contributed by atoms with E-state index in [1.807, 2.05) is 42.5 Å². The lowest BCUT2D eigenvalue weighted by Crippen LogP contribution is -2.15. The minimum atomic E-state index is -4.63. The molecule has 0 saturated heterocycles. The Hall–Kier alpha value is -4.21. The molecule has 0 radical (unpaired) electrons. The van der Waals surface area contributed by atoms with Gasteiger partial charge in [0.25, 0.3) is 5.91 Å². The molecule has 3 heterocycles. The van der Waals surface area contributed by atoms with Crippen LogP contribution >= 0.6 is 0 Å². The fourth-order valence-electron chi connectivity index (χ4n) is 3.73. The number of halogens is 3. The summed E-state index contributed by atoms with van der Waals surface area (Å²) >= 11 is 0. The Morgan fingerprint density at radius 2 is 1.88 bits per heavy atom. The quantitative estimate of drug-likeness (QED) is 0.430. The standard InChI is InChI=1S/C23H17F3N6O/c1-14-9-20(23(24,25)26)32-21(28-14)10-19(30-32)22(33)29-17-11-27-31(13-17)12-16-7-4-6-15-5-2-3-8-18(15)16/h2-11,13H,12H2,1H3,(H,29,33). The van der Waals surface area contributed by atoms with E-state index >= 15 is 0 Å². The second-order valence-corrected chi connectivity index (χ2v) is 7.60. The highest BCUT2D eigenvalue weighted by atomic mass is 19.4. The lowest BCUT2D eigenvalue weighted by Gasteiger charge is -2.09. The van der Waals surface area contributed by atoms with E-state index in [1.54, 1.807) is 10.9 Å². The molecule has 0 aliphatic carbocycles. The maximum atomic E-state index is 13.3. The van der Waals surface area contributed by atoms with Crippen LogP contribution in [0.2, 0.25) is 0 Å². The average Bonchev–Trinajstić information content (AvgIpc) is 3.39. The molecule has 166 valence electrons. The normalized spacial score (nSPS) is 11.9. The Morgan fingerprint density at radius 1 is 1.09 bits per heavy atom. The van der Waals surface area contributed by atoms with Crippen LogP contribution in [0, 0.1) is 6.92 Å². The lowest BCUT2D eigenvalue weighted by atomic mass is 10.0. The van der Waals surface area contributed by atoms with Gasteiger partial charge in [-0.1, -0.05) is 42.5 Å². The van der Waals surface area contributed by atoms with Gasteiger partial charge in [-0.05, 0) is 29.3 Å². The summed E-state index contributed by atoms with van der Waals surface area (Å²) in [5.74, 6) is -0.656. The maximum Gasteiger partial charge on any atom is 0.433 e. The fourth-order valence-corrected chi connectivity index (χ4v) is 3.73. The molecule has 0 bridgehead atoms. The lowest BCUT2D eigenvalue weighted by molar-refractivity contribution is -0.142. The molecule has 2 aromatic carbocycles. The Kier molecular flexibility index (Phi) is 4.85. The van der Waals surface area contributed by atoms with Crippen molar-refractivity contribution in [1.29, 1.82) is 0 Å². The number of nitrogens with one attached hydrogen (secondary N) is 1. The number of nitrogens with zero attached hydrogens (tertiary/aromatic N) is 5. The number of aryl methyl sites for hydroxylation is 1. The minimum absolute atomic E-state index is 0.0564. The molecule has 0 aliphatic heterocycles. The molecule has 1 N–H and O–H groups in total. The summed E-state index contributed by atoms with van der Waals surface area (Å²) in [4.78, 5) is 16.7. The first-order chi connectivity index (χ1) is 15.8. The molecule has 0 atom stereocenters. The molecular weight excluding hydrogens is 433 g/mol. The summed E-state index contributed by atoms with van der Waals surface area (Å²) in [5, 5.41) is 13.0. The Morgan fingerprint density at radius 3 is 2.70 bits per heavy atom. The second kappa shape index (κ2) is 7.73. The molecule has 7 nitrogen and oxygen atoms in total. The van der Waals surface area contributed by atoms with Gasteiger partial charge in [0.15, 0.2) is 11.3 Å². The Balaban J connectivity index is 1.37. The zero-order chi connectivity index (χ0) is 23.2. The minimum Gasteiger partial charge on any atom is -0.318 e. The topological polar surface area (TPSA) is 77.1 Å². The van der Waals surface area contributed by atoms with Crippen LogP contribution in [-0.2, 0) is 12.7 Å². The van der Waals surface area contributed by atoms with Gasteiger partial charge < -0.3 is 5.32 Å². The van der Waals surface area contributed by atoms with Gasteiger partial charge in [-0.3, -0.25) is 9.48 Å². The number of hydrogen-bond donors (Lipinski definition) is 1. The van der Waals surface area contributed by atoms with Crippen LogP contribution in [0.1, 0.15) is 27.4 Å². The van der Waals surface area contributed by atoms with E-state index in [2.05, 4.69) is 20.5 Å². The van der Waals surface area contributed by atoms with Crippen LogP contribution in [0.4, 0.5) is 18.9 Å². The predicted molar refractivity (Wildman–Crippen MR) is 116 cm³/mol. The van der Waals surface area contributed by atoms with Gasteiger partial charge in [0.05, 0.1) is 18.4 Å². The van der Waals surface area contributed by atoms with E-state index in [-0.39, 0.29) is 17.0 Å². The average molecular weight is 450 g/mol. The molecule has 33 heavy (non-hydrogen) atoms. The van der Waals surface area contributed by atoms with Crippen molar-refractivity contribution >= 4 is 28.0 Å². The molecule has 0 fully saturated rings. The Labute approximate surface area is 185 Å². The van der Waals surface area contributed by atoms with Crippen LogP contribution < -0.4 is 5.32 Å². The number of alkyl halides is 3. The Bertz CT molecular complexity index is 1500. The number of anilines is 1. The van der Waals surface area contributed by atoms with E-state index in [1.165, 1.54) is 19.2 Å². The van der Waals surface area contributed by atoms with Gasteiger partial charge in [0.2, 0.25) is 0 Å². The van der Waals surface area contributed by atoms with E-state index in [0.29, 0.717) is 16.7 Å². The molecule has 0 aliphatic rings. The van der Waals surface area contributed by atoms with Crippen molar-refractivity contribution in [1.82, 2.24) is 24.4 Å². The number of fused-ring (bicyclic) bond motifs is 2. The summed E-state index contributed by atoms with van der Waals surface area (Å²) in [7, 11) is 0. The third-order valence-corrected chi connectivity index (χ3v) is 5.18. The largest absolute Gasteiger partial charge is 0.433 e. The summed E-state index contributed by atoms with van der Waals surface area (Å²) in [6.07, 6.45) is -1.50. The predicted octanol–water partition coefficient (Wildman–Crippen LogP) is 4.71. The van der Waals surface area contributed by atoms with Crippen molar-refractivity contribution in [3.8, 4) is 0 Å². The van der Waals surface area contributed by atoms with Gasteiger partial charge in [0, 0.05) is 18.0 Å². The summed E-state index contributed by atoms with van der Waals surface area (Å²) < 4.78 is 42.3. The SMILES string of the molecule is Cc1cc(C(F)(F)F)n2nc(C(=O)Nc3cnn(Cc4cccc5ccccc45)c3)cc2n1. The first-order valence-corrected chi connectivity index (χ1v) is 10.0. The number of carbonyl (C=O) groups excluding carboxylic acids is 1. The first kappa shape index (κ1) is 20.7. The van der Waals surface area contributed by atoms with Crippen molar-refractivity contribution in [2.24, 2.45) is 0 Å². The molecule has 0 spiro atoms. The van der Waals surface area contributed by atoms with E-state index in [0.717, 1.165) is 22.4 Å². The number of hydrogen-bond acceptors (Lipinski definition) is 4. The number of carbonyl (C=O) groups is 1. The second-order valence-electron chi connectivity index (χ2n) is 7.60. The highest BCUT2D eigenvalue weighted by Gasteiger charge is 2.35. The van der Waals surface area contributed by atoms with Crippen molar-refractivity contribution < 1.29 is 18.0 Å². The molecule has 1 amide bonds. The molecule has 0 unspecified atom stereocenters. The van der Waals surface area contributed by atoms with Gasteiger partial charge in [-0.15, -0.1) is 0 Å². The summed E-state index contributed by atoms with van der Waals surface area (Å²) in [6, 6.07) is 16.1. The van der Waals surface area contributed by atoms with Crippen LogP contribution in [0.15, 0.2) is 67.0 Å². The number of amides is 1. The summed E-state index contributed by atoms with van der Waals surface area (Å²) in [6.45, 7) is 1.94. The molecule has 10 heteroatoms. The zero-order valence-corrected chi connectivity index (χ0v) is 17.3. The van der Waals surface area contributed by atoms with Crippen molar-refractivity contribution in [3.63, 3.8) is 0 Å². The first-order valence-electron chi connectivity index (χ1n) is 10.0. The van der Waals surface area contributed by atoms with Gasteiger partial charge >= 0.3 is 6.18 Å². The van der Waals surface area contributed by atoms with Crippen LogP contribution in [0.3, 0.4) is 0 Å². The van der Waals surface area contributed by atoms with E-state index in [9.17, 15) is 18.0 Å². The molecular formula is C23H17F3N6O. The number of rotatable bonds is 4. The van der Waals surface area contributed by atoms with Gasteiger partial charge in [0.1, 0.15) is 5.69 Å². The highest BCUT2D eigenvalue weighted by Crippen LogP contribution is 2.30. The number of benzene rings is 2. The fraction of sp³-hybridized carbons (Fsp3) is 0.130. The van der Waals surface area contributed by atoms with Crippen molar-refractivity contribution in [3.05, 3.63) is 89.6 Å². The highest BCUT2D eigenvalue weighted by molar-refractivity contribution is 6.03. The molecule has 3 aromatic heterocycles. The van der Waals surface area contributed by atoms with Crippen molar-refractivity contribution in [2.45, 2.75) is 19.6 Å². The van der Waals surface area contributed by atoms with E-state index in [4.69, 9.17) is 0 Å². The number of aromatic nitrogens is 5. The maximum absolute atomic E-state index is 13.3. The van der Waals surface area contributed by atoms with Crippen LogP contribution in [0.5, 0.6) is 0 Å². The van der Waals surface area contributed by atoms with Crippen LogP contribution in [0.25, 0.3) is 16.4 Å². The monoisotopic (exact) mass is 450 g/mol. The van der Waals surface area contributed by atoms with Gasteiger partial charge in [-0.2, -0.15) is 23.4 Å². The molecule has 5 aromatic rings.